The number of hydrogen-bond acceptors (Lipinski definition) is 5. The molecular weight excluding hydrogens is 301 g/mol. The van der Waals surface area contributed by atoms with Crippen LogP contribution < -0.4 is 10.5 Å². The number of hydrogen-bond donors (Lipinski definition) is 2. The summed E-state index contributed by atoms with van der Waals surface area (Å²) in [6.07, 6.45) is 1.67. The molecule has 20 heavy (non-hydrogen) atoms. The van der Waals surface area contributed by atoms with Gasteiger partial charge in [-0.15, -0.1) is 11.3 Å². The molecule has 1 heterocycles. The molecule has 0 atom stereocenters. The Morgan fingerprint density at radius 1 is 1.45 bits per heavy atom. The lowest BCUT2D eigenvalue weighted by Gasteiger charge is -2.09. The van der Waals surface area contributed by atoms with E-state index in [0.717, 1.165) is 10.9 Å². The summed E-state index contributed by atoms with van der Waals surface area (Å²) >= 11 is 1.40. The molecule has 0 aliphatic rings. The van der Waals surface area contributed by atoms with Gasteiger partial charge in [0.2, 0.25) is 10.0 Å². The standard InChI is InChI=1S/C12H14FN3O2S2/c1-8-6-15-12(19-8)7-16-20(17,18)11-4-10(13)3-2-9(11)5-14/h2-4,6,16H,5,7,14H2,1H3. The van der Waals surface area contributed by atoms with Crippen LogP contribution in [0.15, 0.2) is 29.3 Å². The molecule has 0 saturated heterocycles. The first kappa shape index (κ1) is 15.0. The Kier molecular flexibility index (Phi) is 4.48. The van der Waals surface area contributed by atoms with E-state index < -0.39 is 15.8 Å². The molecule has 1 aromatic carbocycles. The van der Waals surface area contributed by atoms with Crippen molar-refractivity contribution in [3.63, 3.8) is 0 Å². The van der Waals surface area contributed by atoms with Crippen molar-refractivity contribution < 1.29 is 12.8 Å². The lowest BCUT2D eigenvalue weighted by atomic mass is 10.2. The van der Waals surface area contributed by atoms with E-state index in [-0.39, 0.29) is 18.0 Å². The molecule has 8 heteroatoms. The summed E-state index contributed by atoms with van der Waals surface area (Å²) in [4.78, 5) is 4.93. The zero-order chi connectivity index (χ0) is 14.8. The molecule has 2 aromatic rings. The molecular formula is C12H14FN3O2S2. The topological polar surface area (TPSA) is 85.1 Å². The van der Waals surface area contributed by atoms with Crippen molar-refractivity contribution in [2.24, 2.45) is 5.73 Å². The molecule has 0 radical (unpaired) electrons. The Morgan fingerprint density at radius 3 is 2.80 bits per heavy atom. The van der Waals surface area contributed by atoms with E-state index in [9.17, 15) is 12.8 Å². The van der Waals surface area contributed by atoms with Gasteiger partial charge in [-0.25, -0.2) is 22.5 Å². The predicted octanol–water partition coefficient (Wildman–Crippen LogP) is 1.53. The largest absolute Gasteiger partial charge is 0.326 e. The van der Waals surface area contributed by atoms with Gasteiger partial charge in [0.25, 0.3) is 0 Å². The summed E-state index contributed by atoms with van der Waals surface area (Å²) in [7, 11) is -3.82. The van der Waals surface area contributed by atoms with Crippen LogP contribution in [0, 0.1) is 12.7 Å². The number of sulfonamides is 1. The average Bonchev–Trinajstić information content (AvgIpc) is 2.82. The predicted molar refractivity (Wildman–Crippen MR) is 75.2 cm³/mol. The molecule has 0 unspecified atom stereocenters. The monoisotopic (exact) mass is 315 g/mol. The normalized spacial score (nSPS) is 11.8. The molecule has 2 rings (SSSR count). The maximum atomic E-state index is 13.2. The number of thiazole rings is 1. The Bertz CT molecular complexity index is 713. The van der Waals surface area contributed by atoms with E-state index in [2.05, 4.69) is 9.71 Å². The average molecular weight is 315 g/mol. The fourth-order valence-corrected chi connectivity index (χ4v) is 3.73. The van der Waals surface area contributed by atoms with Crippen LogP contribution in [0.1, 0.15) is 15.4 Å². The number of nitrogens with two attached hydrogens (primary N) is 1. The summed E-state index contributed by atoms with van der Waals surface area (Å²) in [5.41, 5.74) is 5.85. The first-order valence-electron chi connectivity index (χ1n) is 5.82. The Labute approximate surface area is 120 Å². The minimum Gasteiger partial charge on any atom is -0.326 e. The van der Waals surface area contributed by atoms with Crippen molar-refractivity contribution in [3.8, 4) is 0 Å². The molecule has 0 spiro atoms. The lowest BCUT2D eigenvalue weighted by Crippen LogP contribution is -2.25. The number of aromatic nitrogens is 1. The second-order valence-electron chi connectivity index (χ2n) is 4.15. The van der Waals surface area contributed by atoms with Gasteiger partial charge in [-0.2, -0.15) is 0 Å². The quantitative estimate of drug-likeness (QED) is 0.876. The van der Waals surface area contributed by atoms with E-state index in [1.165, 1.54) is 23.5 Å². The van der Waals surface area contributed by atoms with Crippen LogP contribution in [0.25, 0.3) is 0 Å². The van der Waals surface area contributed by atoms with Crippen molar-refractivity contribution in [3.05, 3.63) is 45.7 Å². The lowest BCUT2D eigenvalue weighted by molar-refractivity contribution is 0.575. The van der Waals surface area contributed by atoms with Gasteiger partial charge in [-0.1, -0.05) is 6.07 Å². The third-order valence-corrected chi connectivity index (χ3v) is 5.02. The zero-order valence-electron chi connectivity index (χ0n) is 10.8. The highest BCUT2D eigenvalue weighted by molar-refractivity contribution is 7.89. The first-order valence-corrected chi connectivity index (χ1v) is 8.12. The van der Waals surface area contributed by atoms with Gasteiger partial charge in [-0.05, 0) is 24.6 Å². The smallest absolute Gasteiger partial charge is 0.241 e. The first-order chi connectivity index (χ1) is 9.42. The van der Waals surface area contributed by atoms with Gasteiger partial charge in [0, 0.05) is 17.6 Å². The minimum atomic E-state index is -3.82. The van der Waals surface area contributed by atoms with Gasteiger partial charge >= 0.3 is 0 Å². The SMILES string of the molecule is Cc1cnc(CNS(=O)(=O)c2cc(F)ccc2CN)s1. The number of aryl methyl sites for hydroxylation is 1. The Morgan fingerprint density at radius 2 is 2.20 bits per heavy atom. The van der Waals surface area contributed by atoms with Crippen LogP contribution in [0.5, 0.6) is 0 Å². The fourth-order valence-electron chi connectivity index (χ4n) is 1.66. The maximum absolute atomic E-state index is 13.2. The van der Waals surface area contributed by atoms with E-state index in [4.69, 9.17) is 5.73 Å². The fraction of sp³-hybridized carbons (Fsp3) is 0.250. The van der Waals surface area contributed by atoms with Crippen molar-refractivity contribution in [2.45, 2.75) is 24.9 Å². The molecule has 1 aromatic heterocycles. The summed E-state index contributed by atoms with van der Waals surface area (Å²) < 4.78 is 40.0. The zero-order valence-corrected chi connectivity index (χ0v) is 12.4. The summed E-state index contributed by atoms with van der Waals surface area (Å²) in [6, 6.07) is 3.53. The van der Waals surface area contributed by atoms with Crippen LogP contribution in [-0.4, -0.2) is 13.4 Å². The van der Waals surface area contributed by atoms with Crippen molar-refractivity contribution in [1.82, 2.24) is 9.71 Å². The van der Waals surface area contributed by atoms with Crippen LogP contribution >= 0.6 is 11.3 Å². The van der Waals surface area contributed by atoms with Crippen LogP contribution in [0.3, 0.4) is 0 Å². The molecule has 3 N–H and O–H groups in total. The number of benzene rings is 1. The molecule has 5 nitrogen and oxygen atoms in total. The summed E-state index contributed by atoms with van der Waals surface area (Å²) in [5, 5.41) is 0.650. The van der Waals surface area contributed by atoms with E-state index in [1.54, 1.807) is 6.20 Å². The van der Waals surface area contributed by atoms with Gasteiger partial charge < -0.3 is 5.73 Å². The third-order valence-electron chi connectivity index (χ3n) is 2.62. The van der Waals surface area contributed by atoms with Crippen molar-refractivity contribution in [1.29, 1.82) is 0 Å². The van der Waals surface area contributed by atoms with Crippen LogP contribution in [0.4, 0.5) is 4.39 Å². The molecule has 108 valence electrons. The number of halogens is 1. The highest BCUT2D eigenvalue weighted by Crippen LogP contribution is 2.18. The van der Waals surface area contributed by atoms with Gasteiger partial charge in [0.1, 0.15) is 10.8 Å². The summed E-state index contributed by atoms with van der Waals surface area (Å²) in [5.74, 6) is -0.618. The van der Waals surface area contributed by atoms with E-state index in [0.29, 0.717) is 10.6 Å². The van der Waals surface area contributed by atoms with E-state index >= 15 is 0 Å². The van der Waals surface area contributed by atoms with Gasteiger partial charge in [-0.3, -0.25) is 0 Å². The molecule has 0 aliphatic heterocycles. The molecule has 0 bridgehead atoms. The summed E-state index contributed by atoms with van der Waals surface area (Å²) in [6.45, 7) is 1.98. The third kappa shape index (κ3) is 3.40. The number of nitrogens with zero attached hydrogens (tertiary/aromatic N) is 1. The van der Waals surface area contributed by atoms with Crippen LogP contribution in [-0.2, 0) is 23.1 Å². The van der Waals surface area contributed by atoms with Crippen LogP contribution in [0.2, 0.25) is 0 Å². The molecule has 0 fully saturated rings. The van der Waals surface area contributed by atoms with Crippen molar-refractivity contribution in [2.75, 3.05) is 0 Å². The highest BCUT2D eigenvalue weighted by atomic mass is 32.2. The van der Waals surface area contributed by atoms with E-state index in [1.807, 2.05) is 6.92 Å². The molecule has 0 aliphatic carbocycles. The molecule has 0 amide bonds. The number of nitrogens with one attached hydrogen (secondary N) is 1. The van der Waals surface area contributed by atoms with Gasteiger partial charge in [0.05, 0.1) is 11.4 Å². The second-order valence-corrected chi connectivity index (χ2v) is 7.20. The highest BCUT2D eigenvalue weighted by Gasteiger charge is 2.19. The second kappa shape index (κ2) is 5.96. The van der Waals surface area contributed by atoms with Gasteiger partial charge in [0.15, 0.2) is 0 Å². The minimum absolute atomic E-state index is 0.0207. The maximum Gasteiger partial charge on any atom is 0.241 e. The Hall–Kier alpha value is -1.35. The number of rotatable bonds is 5. The Balaban J connectivity index is 2.24. The molecule has 0 saturated carbocycles. The van der Waals surface area contributed by atoms with Crippen molar-refractivity contribution >= 4 is 21.4 Å².